The summed E-state index contributed by atoms with van der Waals surface area (Å²) in [6.45, 7) is 7.76. The number of anilines is 1. The van der Waals surface area contributed by atoms with Crippen LogP contribution in [0.2, 0.25) is 0 Å². The maximum atomic E-state index is 12.9. The quantitative estimate of drug-likeness (QED) is 0.299. The molecule has 9 nitrogen and oxygen atoms in total. The zero-order chi connectivity index (χ0) is 26.8. The predicted octanol–water partition coefficient (Wildman–Crippen LogP) is 6.21. The highest BCUT2D eigenvalue weighted by Crippen LogP contribution is 2.46. The van der Waals surface area contributed by atoms with Crippen LogP contribution in [0.4, 0.5) is 10.6 Å². The van der Waals surface area contributed by atoms with Crippen LogP contribution in [-0.2, 0) is 4.74 Å². The lowest BCUT2D eigenvalue weighted by Crippen LogP contribution is -2.48. The molecule has 0 saturated carbocycles. The number of nitrogen functional groups attached to an aromatic ring is 1. The molecule has 0 aliphatic carbocycles. The molecule has 2 atom stereocenters. The van der Waals surface area contributed by atoms with Crippen molar-refractivity contribution in [1.82, 2.24) is 29.5 Å². The minimum absolute atomic E-state index is 0.135. The van der Waals surface area contributed by atoms with E-state index in [-0.39, 0.29) is 24.1 Å². The molecule has 2 saturated heterocycles. The van der Waals surface area contributed by atoms with Gasteiger partial charge in [0, 0.05) is 46.4 Å². The second-order valence-electron chi connectivity index (χ2n) is 11.1. The molecule has 2 aliphatic rings. The van der Waals surface area contributed by atoms with E-state index in [0.29, 0.717) is 11.5 Å². The van der Waals surface area contributed by atoms with E-state index in [9.17, 15) is 4.79 Å². The summed E-state index contributed by atoms with van der Waals surface area (Å²) in [5.41, 5.74) is 10.3. The van der Waals surface area contributed by atoms with Gasteiger partial charge in [-0.3, -0.25) is 4.98 Å². The molecule has 38 heavy (non-hydrogen) atoms. The Hall–Kier alpha value is -3.05. The number of amides is 1. The maximum Gasteiger partial charge on any atom is 0.410 e. The highest BCUT2D eigenvalue weighted by atomic mass is 79.9. The smallest absolute Gasteiger partial charge is 0.410 e. The van der Waals surface area contributed by atoms with Gasteiger partial charge in [-0.25, -0.2) is 14.8 Å². The van der Waals surface area contributed by atoms with Gasteiger partial charge < -0.3 is 15.4 Å². The van der Waals surface area contributed by atoms with Gasteiger partial charge in [0.1, 0.15) is 16.4 Å². The largest absolute Gasteiger partial charge is 0.444 e. The number of hydrogen-bond donors (Lipinski definition) is 1. The van der Waals surface area contributed by atoms with E-state index >= 15 is 0 Å². The molecular weight excluding hydrogens is 566 g/mol. The average molecular weight is 597 g/mol. The number of carbonyl (C=O) groups is 1. The number of hydrogen-bond acceptors (Lipinski definition) is 8. The third kappa shape index (κ3) is 4.45. The predicted molar refractivity (Wildman–Crippen MR) is 151 cm³/mol. The van der Waals surface area contributed by atoms with Gasteiger partial charge in [-0.05, 0) is 75.4 Å². The maximum absolute atomic E-state index is 12.9. The summed E-state index contributed by atoms with van der Waals surface area (Å²) >= 11 is 5.33. The van der Waals surface area contributed by atoms with Gasteiger partial charge in [0.05, 0.1) is 22.1 Å². The molecule has 0 spiro atoms. The molecule has 1 amide bonds. The van der Waals surface area contributed by atoms with E-state index in [2.05, 4.69) is 31.0 Å². The molecule has 2 bridgehead atoms. The number of nitrogens with zero attached hydrogens (tertiary/aromatic N) is 6. The Labute approximate surface area is 233 Å². The van der Waals surface area contributed by atoms with Crippen LogP contribution in [0.1, 0.15) is 62.9 Å². The van der Waals surface area contributed by atoms with E-state index in [0.717, 1.165) is 62.6 Å². The number of piperidine rings is 1. The molecule has 6 rings (SSSR count). The first-order valence-electron chi connectivity index (χ1n) is 12.8. The number of fused-ring (bicyclic) bond motifs is 3. The van der Waals surface area contributed by atoms with E-state index < -0.39 is 5.60 Å². The summed E-state index contributed by atoms with van der Waals surface area (Å²) in [6.07, 6.45) is 8.86. The van der Waals surface area contributed by atoms with Crippen molar-refractivity contribution >= 4 is 44.8 Å². The molecule has 11 heteroatoms. The number of aromatic nitrogens is 5. The van der Waals surface area contributed by atoms with Crippen molar-refractivity contribution in [2.75, 3.05) is 5.73 Å². The first kappa shape index (κ1) is 25.2. The summed E-state index contributed by atoms with van der Waals surface area (Å²) < 4.78 is 8.15. The van der Waals surface area contributed by atoms with Gasteiger partial charge in [0.25, 0.3) is 0 Å². The first-order valence-corrected chi connectivity index (χ1v) is 14.4. The van der Waals surface area contributed by atoms with E-state index in [1.54, 1.807) is 22.0 Å². The minimum atomic E-state index is -0.512. The van der Waals surface area contributed by atoms with Gasteiger partial charge >= 0.3 is 6.09 Å². The van der Waals surface area contributed by atoms with Crippen LogP contribution in [0.5, 0.6) is 0 Å². The fourth-order valence-corrected chi connectivity index (χ4v) is 6.97. The number of thiazole rings is 1. The summed E-state index contributed by atoms with van der Waals surface area (Å²) in [5, 5.41) is 5.43. The molecule has 4 aromatic heterocycles. The van der Waals surface area contributed by atoms with Crippen molar-refractivity contribution in [2.45, 2.75) is 77.0 Å². The molecule has 0 radical (unpaired) electrons. The van der Waals surface area contributed by atoms with Crippen molar-refractivity contribution in [3.63, 3.8) is 0 Å². The lowest BCUT2D eigenvalue weighted by molar-refractivity contribution is 0.00568. The zero-order valence-corrected chi connectivity index (χ0v) is 24.2. The normalized spacial score (nSPS) is 21.3. The van der Waals surface area contributed by atoms with E-state index in [1.165, 1.54) is 0 Å². The van der Waals surface area contributed by atoms with E-state index in [1.807, 2.05) is 57.1 Å². The molecule has 4 aromatic rings. The van der Waals surface area contributed by atoms with Gasteiger partial charge in [0.2, 0.25) is 0 Å². The van der Waals surface area contributed by atoms with Crippen LogP contribution < -0.4 is 5.73 Å². The van der Waals surface area contributed by atoms with Crippen LogP contribution in [0.25, 0.3) is 27.5 Å². The van der Waals surface area contributed by atoms with Gasteiger partial charge in [0.15, 0.2) is 5.65 Å². The molecule has 198 valence electrons. The Kier molecular flexibility index (Phi) is 6.18. The topological polar surface area (TPSA) is 112 Å². The summed E-state index contributed by atoms with van der Waals surface area (Å²) in [5.74, 6) is 0.685. The Morgan fingerprint density at radius 3 is 2.47 bits per heavy atom. The molecule has 0 aromatic carbocycles. The Bertz CT molecular complexity index is 1510. The van der Waals surface area contributed by atoms with Crippen LogP contribution in [0.15, 0.2) is 35.2 Å². The number of halogens is 1. The summed E-state index contributed by atoms with van der Waals surface area (Å²) in [4.78, 5) is 30.2. The Morgan fingerprint density at radius 2 is 1.87 bits per heavy atom. The molecule has 2 unspecified atom stereocenters. The van der Waals surface area contributed by atoms with Gasteiger partial charge in [-0.1, -0.05) is 6.07 Å². The SMILES string of the molecule is Cc1cnc(-c2ccc(-c3cnn4c(N)c(Br)c(C5CC6CCC(C5)N6C(=O)OC(C)(C)C)nc34)cn2)s1. The molecule has 2 N–H and O–H groups in total. The highest BCUT2D eigenvalue weighted by molar-refractivity contribution is 9.10. The summed E-state index contributed by atoms with van der Waals surface area (Å²) in [7, 11) is 0. The fraction of sp³-hybridized carbons (Fsp3) is 0.444. The monoisotopic (exact) mass is 595 g/mol. The zero-order valence-electron chi connectivity index (χ0n) is 21.8. The number of rotatable bonds is 3. The van der Waals surface area contributed by atoms with Crippen molar-refractivity contribution in [3.8, 4) is 21.8 Å². The second kappa shape index (κ2) is 9.30. The van der Waals surface area contributed by atoms with Crippen LogP contribution in [0, 0.1) is 6.92 Å². The van der Waals surface area contributed by atoms with Crippen molar-refractivity contribution in [1.29, 1.82) is 0 Å². The standard InChI is InChI=1S/C27H30BrN7O2S/c1-14-11-31-25(38-14)20-8-5-15(12-30-20)19-13-32-35-23(29)21(28)22(33-24(19)35)16-9-17-6-7-18(10-16)34(17)26(36)37-27(2,3)4/h5,8,11-13,16-18H,6-7,9-10,29H2,1-4H3. The molecule has 6 heterocycles. The Morgan fingerprint density at radius 1 is 1.13 bits per heavy atom. The van der Waals surface area contributed by atoms with Crippen molar-refractivity contribution in [3.05, 3.63) is 45.8 Å². The van der Waals surface area contributed by atoms with Crippen LogP contribution in [0.3, 0.4) is 0 Å². The average Bonchev–Trinajstić information content (AvgIpc) is 3.56. The highest BCUT2D eigenvalue weighted by Gasteiger charge is 2.46. The van der Waals surface area contributed by atoms with E-state index in [4.69, 9.17) is 15.5 Å². The lowest BCUT2D eigenvalue weighted by atomic mass is 9.88. The number of ether oxygens (including phenoxy) is 1. The third-order valence-electron chi connectivity index (χ3n) is 7.29. The van der Waals surface area contributed by atoms with Crippen LogP contribution >= 0.6 is 27.3 Å². The number of carbonyl (C=O) groups excluding carboxylic acids is 1. The lowest BCUT2D eigenvalue weighted by Gasteiger charge is -2.39. The fourth-order valence-electron chi connectivity index (χ4n) is 5.65. The number of aryl methyl sites for hydroxylation is 1. The van der Waals surface area contributed by atoms with Crippen LogP contribution in [-0.4, -0.2) is 53.2 Å². The third-order valence-corrected chi connectivity index (χ3v) is 9.03. The number of pyridine rings is 1. The van der Waals surface area contributed by atoms with Gasteiger partial charge in [-0.15, -0.1) is 11.3 Å². The van der Waals surface area contributed by atoms with Crippen molar-refractivity contribution < 1.29 is 9.53 Å². The van der Waals surface area contributed by atoms with Crippen molar-refractivity contribution in [2.24, 2.45) is 0 Å². The first-order chi connectivity index (χ1) is 18.1. The minimum Gasteiger partial charge on any atom is -0.444 e. The summed E-state index contributed by atoms with van der Waals surface area (Å²) in [6, 6.07) is 4.27. The molecule has 2 fully saturated rings. The Balaban J connectivity index is 1.31. The van der Waals surface area contributed by atoms with Gasteiger partial charge in [-0.2, -0.15) is 9.61 Å². The second-order valence-corrected chi connectivity index (χ2v) is 13.2. The molecular formula is C27H30BrN7O2S. The molecule has 2 aliphatic heterocycles. The number of nitrogens with two attached hydrogens (primary N) is 1.